The first-order valence-electron chi connectivity index (χ1n) is 6.29. The molecule has 1 heterocycles. The van der Waals surface area contributed by atoms with Crippen molar-refractivity contribution in [3.63, 3.8) is 0 Å². The van der Waals surface area contributed by atoms with E-state index in [9.17, 15) is 9.59 Å². The lowest BCUT2D eigenvalue weighted by Gasteiger charge is -2.06. The predicted octanol–water partition coefficient (Wildman–Crippen LogP) is 3.79. The minimum absolute atomic E-state index is 0.145. The third-order valence-corrected chi connectivity index (χ3v) is 4.93. The Kier molecular flexibility index (Phi) is 5.03. The summed E-state index contributed by atoms with van der Waals surface area (Å²) in [5.41, 5.74) is 1.26. The number of anilines is 1. The number of carboxylic acids is 1. The van der Waals surface area contributed by atoms with Gasteiger partial charge in [0.25, 0.3) is 0 Å². The van der Waals surface area contributed by atoms with Gasteiger partial charge in [-0.1, -0.05) is 18.2 Å². The SMILES string of the molecule is Cc1cc(C(=O)O)c(NC(=O)CSc2ccccc2C)s1. The van der Waals surface area contributed by atoms with E-state index < -0.39 is 5.97 Å². The second-order valence-electron chi connectivity index (χ2n) is 4.51. The van der Waals surface area contributed by atoms with Crippen molar-refractivity contribution in [2.75, 3.05) is 11.1 Å². The number of benzene rings is 1. The lowest BCUT2D eigenvalue weighted by Crippen LogP contribution is -2.15. The standard InChI is InChI=1S/C15H15NO3S2/c1-9-5-3-4-6-12(9)20-8-13(17)16-14-11(15(18)19)7-10(2)21-14/h3-7H,8H2,1-2H3,(H,16,17)(H,18,19). The highest BCUT2D eigenvalue weighted by molar-refractivity contribution is 8.00. The van der Waals surface area contributed by atoms with Crippen LogP contribution in [0.2, 0.25) is 0 Å². The van der Waals surface area contributed by atoms with Gasteiger partial charge in [-0.2, -0.15) is 0 Å². The molecule has 0 fully saturated rings. The summed E-state index contributed by atoms with van der Waals surface area (Å²) >= 11 is 2.71. The monoisotopic (exact) mass is 321 g/mol. The van der Waals surface area contributed by atoms with Gasteiger partial charge in [0.2, 0.25) is 5.91 Å². The van der Waals surface area contributed by atoms with Crippen LogP contribution in [0, 0.1) is 13.8 Å². The molecule has 0 spiro atoms. The minimum atomic E-state index is -1.03. The average Bonchev–Trinajstić information content (AvgIpc) is 2.79. The Morgan fingerprint density at radius 1 is 1.29 bits per heavy atom. The maximum absolute atomic E-state index is 12.0. The van der Waals surface area contributed by atoms with Crippen molar-refractivity contribution >= 4 is 40.0 Å². The van der Waals surface area contributed by atoms with Crippen LogP contribution in [0.1, 0.15) is 20.8 Å². The molecule has 2 rings (SSSR count). The van der Waals surface area contributed by atoms with Gasteiger partial charge in [-0.15, -0.1) is 23.1 Å². The highest BCUT2D eigenvalue weighted by Gasteiger charge is 2.16. The molecule has 1 aromatic heterocycles. The van der Waals surface area contributed by atoms with E-state index in [0.717, 1.165) is 15.3 Å². The van der Waals surface area contributed by atoms with Gasteiger partial charge in [-0.25, -0.2) is 4.79 Å². The number of carbonyl (C=O) groups excluding carboxylic acids is 1. The van der Waals surface area contributed by atoms with Gasteiger partial charge >= 0.3 is 5.97 Å². The maximum Gasteiger partial charge on any atom is 0.338 e. The summed E-state index contributed by atoms with van der Waals surface area (Å²) in [6, 6.07) is 9.40. The van der Waals surface area contributed by atoms with Gasteiger partial charge in [-0.05, 0) is 31.5 Å². The molecule has 0 aliphatic heterocycles. The Hall–Kier alpha value is -1.79. The molecule has 0 bridgehead atoms. The van der Waals surface area contributed by atoms with Gasteiger partial charge in [0, 0.05) is 9.77 Å². The zero-order valence-electron chi connectivity index (χ0n) is 11.7. The van der Waals surface area contributed by atoms with Crippen molar-refractivity contribution in [3.8, 4) is 0 Å². The number of thiophene rings is 1. The first-order valence-corrected chi connectivity index (χ1v) is 8.09. The number of rotatable bonds is 5. The number of nitrogens with one attached hydrogen (secondary N) is 1. The summed E-state index contributed by atoms with van der Waals surface area (Å²) in [6.07, 6.45) is 0. The minimum Gasteiger partial charge on any atom is -0.478 e. The molecular weight excluding hydrogens is 306 g/mol. The van der Waals surface area contributed by atoms with Gasteiger partial charge < -0.3 is 10.4 Å². The molecule has 0 radical (unpaired) electrons. The lowest BCUT2D eigenvalue weighted by atomic mass is 10.2. The van der Waals surface area contributed by atoms with E-state index in [0.29, 0.717) is 5.00 Å². The van der Waals surface area contributed by atoms with E-state index in [1.165, 1.54) is 23.1 Å². The number of carboxylic acid groups (broad SMARTS) is 1. The van der Waals surface area contributed by atoms with Gasteiger partial charge in [0.15, 0.2) is 0 Å². The summed E-state index contributed by atoms with van der Waals surface area (Å²) in [4.78, 5) is 25.0. The topological polar surface area (TPSA) is 66.4 Å². The smallest absolute Gasteiger partial charge is 0.338 e. The van der Waals surface area contributed by atoms with Crippen LogP contribution >= 0.6 is 23.1 Å². The van der Waals surface area contributed by atoms with E-state index in [1.54, 1.807) is 6.07 Å². The number of aromatic carboxylic acids is 1. The highest BCUT2D eigenvalue weighted by Crippen LogP contribution is 2.28. The molecule has 2 aromatic rings. The lowest BCUT2D eigenvalue weighted by molar-refractivity contribution is -0.113. The molecule has 0 unspecified atom stereocenters. The third kappa shape index (κ3) is 4.09. The number of thioether (sulfide) groups is 1. The summed E-state index contributed by atoms with van der Waals surface area (Å²) in [5, 5.41) is 12.2. The Morgan fingerprint density at radius 3 is 2.67 bits per heavy atom. The highest BCUT2D eigenvalue weighted by atomic mass is 32.2. The molecule has 0 atom stereocenters. The van der Waals surface area contributed by atoms with Gasteiger partial charge in [-0.3, -0.25) is 4.79 Å². The Balaban J connectivity index is 1.99. The van der Waals surface area contributed by atoms with Crippen LogP contribution in [0.25, 0.3) is 0 Å². The van der Waals surface area contributed by atoms with Crippen LogP contribution in [0.15, 0.2) is 35.2 Å². The van der Waals surface area contributed by atoms with E-state index in [4.69, 9.17) is 5.11 Å². The third-order valence-electron chi connectivity index (χ3n) is 2.79. The van der Waals surface area contributed by atoms with Gasteiger partial charge in [0.05, 0.1) is 11.3 Å². The first-order chi connectivity index (χ1) is 9.97. The van der Waals surface area contributed by atoms with Gasteiger partial charge in [0.1, 0.15) is 5.00 Å². The molecule has 110 valence electrons. The van der Waals surface area contributed by atoms with Crippen molar-refractivity contribution in [1.82, 2.24) is 0 Å². The molecule has 0 saturated carbocycles. The normalized spacial score (nSPS) is 10.4. The zero-order chi connectivity index (χ0) is 15.4. The molecule has 0 aliphatic rings. The van der Waals surface area contributed by atoms with Crippen molar-refractivity contribution in [2.24, 2.45) is 0 Å². The molecule has 0 aliphatic carbocycles. The Bertz CT molecular complexity index is 679. The molecule has 4 nitrogen and oxygen atoms in total. The maximum atomic E-state index is 12.0. The Morgan fingerprint density at radius 2 is 2.00 bits per heavy atom. The number of hydrogen-bond donors (Lipinski definition) is 2. The molecular formula is C15H15NO3S2. The van der Waals surface area contributed by atoms with Crippen LogP contribution in [0.4, 0.5) is 5.00 Å². The molecule has 1 aromatic carbocycles. The zero-order valence-corrected chi connectivity index (χ0v) is 13.3. The predicted molar refractivity (Wildman–Crippen MR) is 86.5 cm³/mol. The number of aryl methyl sites for hydroxylation is 2. The first kappa shape index (κ1) is 15.6. The van der Waals surface area contributed by atoms with Crippen LogP contribution in [0.5, 0.6) is 0 Å². The number of amides is 1. The second kappa shape index (κ2) is 6.78. The summed E-state index contributed by atoms with van der Waals surface area (Å²) in [5.74, 6) is -0.977. The fourth-order valence-corrected chi connectivity index (χ4v) is 3.54. The summed E-state index contributed by atoms with van der Waals surface area (Å²) in [6.45, 7) is 3.81. The van der Waals surface area contributed by atoms with Crippen LogP contribution < -0.4 is 5.32 Å². The molecule has 21 heavy (non-hydrogen) atoms. The van der Waals surface area contributed by atoms with Crippen molar-refractivity contribution in [1.29, 1.82) is 0 Å². The summed E-state index contributed by atoms with van der Waals surface area (Å²) in [7, 11) is 0. The largest absolute Gasteiger partial charge is 0.478 e. The summed E-state index contributed by atoms with van der Waals surface area (Å²) < 4.78 is 0. The van der Waals surface area contributed by atoms with Crippen LogP contribution in [-0.4, -0.2) is 22.7 Å². The fourth-order valence-electron chi connectivity index (χ4n) is 1.79. The quantitative estimate of drug-likeness (QED) is 0.822. The van der Waals surface area contributed by atoms with E-state index >= 15 is 0 Å². The van der Waals surface area contributed by atoms with Crippen LogP contribution in [-0.2, 0) is 4.79 Å². The fraction of sp³-hybridized carbons (Fsp3) is 0.200. The molecule has 2 N–H and O–H groups in total. The number of carbonyl (C=O) groups is 2. The van der Waals surface area contributed by atoms with Crippen LogP contribution in [0.3, 0.4) is 0 Å². The second-order valence-corrected chi connectivity index (χ2v) is 6.78. The van der Waals surface area contributed by atoms with E-state index in [1.807, 2.05) is 38.1 Å². The number of hydrogen-bond acceptors (Lipinski definition) is 4. The van der Waals surface area contributed by atoms with E-state index in [2.05, 4.69) is 5.32 Å². The van der Waals surface area contributed by atoms with Crippen molar-refractivity contribution < 1.29 is 14.7 Å². The Labute approximate surface area is 131 Å². The molecule has 6 heteroatoms. The average molecular weight is 321 g/mol. The molecule has 1 amide bonds. The molecule has 0 saturated heterocycles. The van der Waals surface area contributed by atoms with E-state index in [-0.39, 0.29) is 17.2 Å². The van der Waals surface area contributed by atoms with Crippen molar-refractivity contribution in [3.05, 3.63) is 46.3 Å². The van der Waals surface area contributed by atoms with Crippen molar-refractivity contribution in [2.45, 2.75) is 18.7 Å².